The summed E-state index contributed by atoms with van der Waals surface area (Å²) in [5, 5.41) is 5.85. The standard InChI is InChI=1S/C19H29N3O3/c1-13-6-7-16(12-14(13)2)21-17(23)20-15-8-10-22(11-9-15)18(24)25-19(3,4)5/h6-7,12,15H,8-11H2,1-5H3,(H2,20,21,23). The Labute approximate surface area is 149 Å². The van der Waals surface area contributed by atoms with Crippen LogP contribution in [0.3, 0.4) is 0 Å². The highest BCUT2D eigenvalue weighted by Crippen LogP contribution is 2.17. The number of piperidine rings is 1. The summed E-state index contributed by atoms with van der Waals surface area (Å²) < 4.78 is 5.38. The third-order valence-electron chi connectivity index (χ3n) is 4.25. The summed E-state index contributed by atoms with van der Waals surface area (Å²) >= 11 is 0. The van der Waals surface area contributed by atoms with Crippen LogP contribution < -0.4 is 10.6 Å². The Morgan fingerprint density at radius 3 is 2.32 bits per heavy atom. The maximum atomic E-state index is 12.2. The van der Waals surface area contributed by atoms with Crippen LogP contribution in [-0.2, 0) is 4.74 Å². The van der Waals surface area contributed by atoms with Crippen LogP contribution in [0.25, 0.3) is 0 Å². The number of urea groups is 1. The Balaban J connectivity index is 1.78. The van der Waals surface area contributed by atoms with Crippen LogP contribution in [0.5, 0.6) is 0 Å². The summed E-state index contributed by atoms with van der Waals surface area (Å²) in [4.78, 5) is 25.9. The van der Waals surface area contributed by atoms with E-state index in [-0.39, 0.29) is 18.2 Å². The summed E-state index contributed by atoms with van der Waals surface area (Å²) in [6, 6.07) is 5.70. The fourth-order valence-electron chi connectivity index (χ4n) is 2.70. The summed E-state index contributed by atoms with van der Waals surface area (Å²) in [6.45, 7) is 10.8. The largest absolute Gasteiger partial charge is 0.444 e. The highest BCUT2D eigenvalue weighted by atomic mass is 16.6. The molecule has 0 radical (unpaired) electrons. The van der Waals surface area contributed by atoms with E-state index >= 15 is 0 Å². The molecule has 1 aromatic carbocycles. The van der Waals surface area contributed by atoms with Gasteiger partial charge in [-0.3, -0.25) is 0 Å². The molecule has 0 unspecified atom stereocenters. The third kappa shape index (κ3) is 5.96. The zero-order chi connectivity index (χ0) is 18.6. The molecule has 1 aliphatic heterocycles. The van der Waals surface area contributed by atoms with Gasteiger partial charge in [-0.2, -0.15) is 0 Å². The van der Waals surface area contributed by atoms with Crippen LogP contribution in [0.1, 0.15) is 44.7 Å². The number of hydrogen-bond acceptors (Lipinski definition) is 3. The Bertz CT molecular complexity index is 629. The lowest BCUT2D eigenvalue weighted by molar-refractivity contribution is 0.0202. The molecule has 25 heavy (non-hydrogen) atoms. The number of anilines is 1. The van der Waals surface area contributed by atoms with Gasteiger partial charge in [-0.1, -0.05) is 6.07 Å². The molecule has 2 rings (SSSR count). The first-order valence-corrected chi connectivity index (χ1v) is 8.77. The number of likely N-dealkylation sites (tertiary alicyclic amines) is 1. The first-order valence-electron chi connectivity index (χ1n) is 8.77. The molecule has 1 heterocycles. The van der Waals surface area contributed by atoms with Crippen LogP contribution in [-0.4, -0.2) is 41.8 Å². The van der Waals surface area contributed by atoms with E-state index in [4.69, 9.17) is 4.74 Å². The molecule has 0 aliphatic carbocycles. The minimum atomic E-state index is -0.488. The highest BCUT2D eigenvalue weighted by molar-refractivity contribution is 5.89. The van der Waals surface area contributed by atoms with Crippen molar-refractivity contribution in [2.45, 2.75) is 59.1 Å². The van der Waals surface area contributed by atoms with Gasteiger partial charge in [0.2, 0.25) is 0 Å². The number of aryl methyl sites for hydroxylation is 2. The minimum Gasteiger partial charge on any atom is -0.444 e. The van der Waals surface area contributed by atoms with Crippen LogP contribution in [0.15, 0.2) is 18.2 Å². The van der Waals surface area contributed by atoms with Crippen molar-refractivity contribution in [1.29, 1.82) is 0 Å². The first kappa shape index (κ1) is 19.1. The number of ether oxygens (including phenoxy) is 1. The van der Waals surface area contributed by atoms with Gasteiger partial charge in [0.15, 0.2) is 0 Å². The van der Waals surface area contributed by atoms with Crippen molar-refractivity contribution in [3.05, 3.63) is 29.3 Å². The average molecular weight is 347 g/mol. The zero-order valence-corrected chi connectivity index (χ0v) is 15.8. The molecule has 0 bridgehead atoms. The van der Waals surface area contributed by atoms with E-state index in [0.29, 0.717) is 13.1 Å². The second-order valence-corrected chi connectivity index (χ2v) is 7.64. The normalized spacial score (nSPS) is 15.6. The number of hydrogen-bond donors (Lipinski definition) is 2. The highest BCUT2D eigenvalue weighted by Gasteiger charge is 2.27. The number of nitrogens with one attached hydrogen (secondary N) is 2. The van der Waals surface area contributed by atoms with E-state index in [0.717, 1.165) is 24.1 Å². The zero-order valence-electron chi connectivity index (χ0n) is 15.8. The molecule has 1 aliphatic rings. The van der Waals surface area contributed by atoms with Crippen molar-refractivity contribution in [2.24, 2.45) is 0 Å². The summed E-state index contributed by atoms with van der Waals surface area (Å²) in [7, 11) is 0. The van der Waals surface area contributed by atoms with Crippen molar-refractivity contribution >= 4 is 17.8 Å². The average Bonchev–Trinajstić information content (AvgIpc) is 2.50. The van der Waals surface area contributed by atoms with Crippen molar-refractivity contribution in [3.8, 4) is 0 Å². The number of nitrogens with zero attached hydrogens (tertiary/aromatic N) is 1. The van der Waals surface area contributed by atoms with E-state index in [1.54, 1.807) is 4.90 Å². The maximum absolute atomic E-state index is 12.2. The van der Waals surface area contributed by atoms with Gasteiger partial charge < -0.3 is 20.3 Å². The molecule has 2 N–H and O–H groups in total. The van der Waals surface area contributed by atoms with Crippen molar-refractivity contribution < 1.29 is 14.3 Å². The summed E-state index contributed by atoms with van der Waals surface area (Å²) in [5.41, 5.74) is 2.63. The summed E-state index contributed by atoms with van der Waals surface area (Å²) in [5.74, 6) is 0. The van der Waals surface area contributed by atoms with E-state index in [2.05, 4.69) is 10.6 Å². The minimum absolute atomic E-state index is 0.0604. The molecule has 0 saturated carbocycles. The molecular weight excluding hydrogens is 318 g/mol. The molecule has 1 saturated heterocycles. The molecule has 1 fully saturated rings. The molecule has 6 nitrogen and oxygen atoms in total. The lowest BCUT2D eigenvalue weighted by atomic mass is 10.1. The van der Waals surface area contributed by atoms with Gasteiger partial charge in [-0.25, -0.2) is 9.59 Å². The molecule has 6 heteroatoms. The van der Waals surface area contributed by atoms with Crippen LogP contribution in [0.4, 0.5) is 15.3 Å². The van der Waals surface area contributed by atoms with Crippen LogP contribution >= 0.6 is 0 Å². The predicted molar refractivity (Wildman–Crippen MR) is 98.9 cm³/mol. The molecule has 3 amide bonds. The van der Waals surface area contributed by atoms with Crippen LogP contribution in [0, 0.1) is 13.8 Å². The van der Waals surface area contributed by atoms with E-state index in [9.17, 15) is 9.59 Å². The van der Waals surface area contributed by atoms with Gasteiger partial charge in [-0.15, -0.1) is 0 Å². The maximum Gasteiger partial charge on any atom is 0.410 e. The van der Waals surface area contributed by atoms with Crippen molar-refractivity contribution in [2.75, 3.05) is 18.4 Å². The first-order chi connectivity index (χ1) is 11.6. The fraction of sp³-hybridized carbons (Fsp3) is 0.579. The SMILES string of the molecule is Cc1ccc(NC(=O)NC2CCN(C(=O)OC(C)(C)C)CC2)cc1C. The summed E-state index contributed by atoms with van der Waals surface area (Å²) in [6.07, 6.45) is 1.16. The molecular formula is C19H29N3O3. The second-order valence-electron chi connectivity index (χ2n) is 7.64. The van der Waals surface area contributed by atoms with E-state index in [1.807, 2.05) is 52.8 Å². The number of rotatable bonds is 2. The van der Waals surface area contributed by atoms with Gasteiger partial charge in [0, 0.05) is 24.8 Å². The Morgan fingerprint density at radius 2 is 1.76 bits per heavy atom. The predicted octanol–water partition coefficient (Wildman–Crippen LogP) is 3.82. The quantitative estimate of drug-likeness (QED) is 0.854. The monoisotopic (exact) mass is 347 g/mol. The lowest BCUT2D eigenvalue weighted by Crippen LogP contribution is -2.48. The molecule has 138 valence electrons. The van der Waals surface area contributed by atoms with Gasteiger partial charge in [-0.05, 0) is 70.7 Å². The second kappa shape index (κ2) is 7.76. The smallest absolute Gasteiger partial charge is 0.410 e. The number of amides is 3. The molecule has 0 spiro atoms. The lowest BCUT2D eigenvalue weighted by Gasteiger charge is -2.33. The van der Waals surface area contributed by atoms with Crippen molar-refractivity contribution in [1.82, 2.24) is 10.2 Å². The molecule has 1 aromatic rings. The van der Waals surface area contributed by atoms with E-state index < -0.39 is 5.60 Å². The molecule has 0 aromatic heterocycles. The number of carbonyl (C=O) groups excluding carboxylic acids is 2. The topological polar surface area (TPSA) is 70.7 Å². The van der Waals surface area contributed by atoms with Gasteiger partial charge in [0.05, 0.1) is 0 Å². The third-order valence-corrected chi connectivity index (χ3v) is 4.25. The van der Waals surface area contributed by atoms with Gasteiger partial charge >= 0.3 is 12.1 Å². The number of benzene rings is 1. The Morgan fingerprint density at radius 1 is 1.12 bits per heavy atom. The number of carbonyl (C=O) groups is 2. The Kier molecular flexibility index (Phi) is 5.93. The van der Waals surface area contributed by atoms with E-state index in [1.165, 1.54) is 5.56 Å². The van der Waals surface area contributed by atoms with Gasteiger partial charge in [0.1, 0.15) is 5.60 Å². The van der Waals surface area contributed by atoms with Crippen LogP contribution in [0.2, 0.25) is 0 Å². The molecule has 0 atom stereocenters. The van der Waals surface area contributed by atoms with Gasteiger partial charge in [0.25, 0.3) is 0 Å². The van der Waals surface area contributed by atoms with Crippen molar-refractivity contribution in [3.63, 3.8) is 0 Å². The Hall–Kier alpha value is -2.24. The fourth-order valence-corrected chi connectivity index (χ4v) is 2.70.